The maximum Gasteiger partial charge on any atom is 0.236 e. The number of methoxy groups -OCH3 is 1. The van der Waals surface area contributed by atoms with Crippen molar-refractivity contribution in [2.24, 2.45) is 5.92 Å². The lowest BCUT2D eigenvalue weighted by atomic mass is 9.99. The lowest BCUT2D eigenvalue weighted by Crippen LogP contribution is -2.45. The molecule has 2 fully saturated rings. The van der Waals surface area contributed by atoms with Crippen molar-refractivity contribution < 1.29 is 9.53 Å². The topological polar surface area (TPSA) is 32.8 Å². The molecule has 0 N–H and O–H groups in total. The van der Waals surface area contributed by atoms with Crippen LogP contribution in [0, 0.1) is 5.92 Å². The molecule has 2 unspecified atom stereocenters. The predicted molar refractivity (Wildman–Crippen MR) is 101 cm³/mol. The molecule has 4 nitrogen and oxygen atoms in total. The molecule has 0 bridgehead atoms. The van der Waals surface area contributed by atoms with Crippen molar-refractivity contribution in [3.8, 4) is 5.75 Å². The summed E-state index contributed by atoms with van der Waals surface area (Å²) in [5, 5.41) is 0. The van der Waals surface area contributed by atoms with E-state index in [4.69, 9.17) is 4.74 Å². The zero-order chi connectivity index (χ0) is 17.6. The Hall–Kier alpha value is -1.55. The smallest absolute Gasteiger partial charge is 0.236 e. The average molecular weight is 344 g/mol. The van der Waals surface area contributed by atoms with Gasteiger partial charge < -0.3 is 9.64 Å². The van der Waals surface area contributed by atoms with Gasteiger partial charge in [0.2, 0.25) is 5.91 Å². The van der Waals surface area contributed by atoms with Crippen LogP contribution in [0.2, 0.25) is 0 Å². The number of hydrogen-bond acceptors (Lipinski definition) is 3. The molecule has 1 amide bonds. The van der Waals surface area contributed by atoms with Gasteiger partial charge in [0, 0.05) is 19.1 Å². The fourth-order valence-corrected chi connectivity index (χ4v) is 4.25. The van der Waals surface area contributed by atoms with Crippen LogP contribution in [0.3, 0.4) is 0 Å². The standard InChI is InChI=1S/C21H32N2O2/c1-17-7-6-14-23(15-17)21(24)16-22-13-5-3-4-8-20(22)18-9-11-19(25-2)12-10-18/h9-12,17,20H,3-8,13-16H2,1-2H3. The van der Waals surface area contributed by atoms with Crippen LogP contribution in [0.5, 0.6) is 5.75 Å². The van der Waals surface area contributed by atoms with Gasteiger partial charge in [-0.2, -0.15) is 0 Å². The predicted octanol–water partition coefficient (Wildman–Crippen LogP) is 3.87. The van der Waals surface area contributed by atoms with E-state index < -0.39 is 0 Å². The molecule has 2 aliphatic heterocycles. The highest BCUT2D eigenvalue weighted by molar-refractivity contribution is 5.78. The van der Waals surface area contributed by atoms with E-state index in [2.05, 4.69) is 28.9 Å². The van der Waals surface area contributed by atoms with E-state index in [0.717, 1.165) is 38.2 Å². The van der Waals surface area contributed by atoms with Gasteiger partial charge in [0.05, 0.1) is 13.7 Å². The van der Waals surface area contributed by atoms with Gasteiger partial charge in [-0.25, -0.2) is 0 Å². The van der Waals surface area contributed by atoms with Crippen LogP contribution in [0.15, 0.2) is 24.3 Å². The maximum absolute atomic E-state index is 12.9. The number of carbonyl (C=O) groups excluding carboxylic acids is 1. The van der Waals surface area contributed by atoms with E-state index in [1.54, 1.807) is 7.11 Å². The summed E-state index contributed by atoms with van der Waals surface area (Å²) in [6, 6.07) is 8.74. The molecule has 1 aromatic carbocycles. The number of nitrogens with zero attached hydrogens (tertiary/aromatic N) is 2. The van der Waals surface area contributed by atoms with Gasteiger partial charge >= 0.3 is 0 Å². The third-order valence-electron chi connectivity index (χ3n) is 5.71. The molecule has 0 radical (unpaired) electrons. The number of carbonyl (C=O) groups is 1. The zero-order valence-electron chi connectivity index (χ0n) is 15.7. The molecule has 0 aromatic heterocycles. The summed E-state index contributed by atoms with van der Waals surface area (Å²) in [5.74, 6) is 1.84. The van der Waals surface area contributed by atoms with Gasteiger partial charge in [-0.15, -0.1) is 0 Å². The third-order valence-corrected chi connectivity index (χ3v) is 5.71. The number of amides is 1. The monoisotopic (exact) mass is 344 g/mol. The highest BCUT2D eigenvalue weighted by atomic mass is 16.5. The first kappa shape index (κ1) is 18.2. The largest absolute Gasteiger partial charge is 0.497 e. The molecule has 1 aromatic rings. The fourth-order valence-electron chi connectivity index (χ4n) is 4.25. The summed E-state index contributed by atoms with van der Waals surface area (Å²) in [7, 11) is 1.70. The molecule has 3 rings (SSSR count). The molecule has 2 atom stereocenters. The molecule has 25 heavy (non-hydrogen) atoms. The Morgan fingerprint density at radius 2 is 1.88 bits per heavy atom. The lowest BCUT2D eigenvalue weighted by Gasteiger charge is -2.35. The van der Waals surface area contributed by atoms with Crippen molar-refractivity contribution in [2.45, 2.75) is 51.5 Å². The van der Waals surface area contributed by atoms with Gasteiger partial charge in [0.25, 0.3) is 0 Å². The summed E-state index contributed by atoms with van der Waals surface area (Å²) in [4.78, 5) is 17.4. The first-order valence-corrected chi connectivity index (χ1v) is 9.83. The highest BCUT2D eigenvalue weighted by Crippen LogP contribution is 2.31. The Balaban J connectivity index is 1.70. The van der Waals surface area contributed by atoms with Crippen LogP contribution >= 0.6 is 0 Å². The average Bonchev–Trinajstić information content (AvgIpc) is 2.87. The molecule has 2 aliphatic rings. The zero-order valence-corrected chi connectivity index (χ0v) is 15.7. The second-order valence-electron chi connectivity index (χ2n) is 7.70. The van der Waals surface area contributed by atoms with Crippen molar-refractivity contribution in [1.82, 2.24) is 9.80 Å². The third kappa shape index (κ3) is 4.75. The Bertz CT molecular complexity index is 558. The SMILES string of the molecule is COc1ccc(C2CCCCCN2CC(=O)N2CCCC(C)C2)cc1. The number of likely N-dealkylation sites (tertiary alicyclic amines) is 2. The number of benzene rings is 1. The van der Waals surface area contributed by atoms with Crippen LogP contribution in [0.4, 0.5) is 0 Å². The van der Waals surface area contributed by atoms with Gasteiger partial charge in [0.15, 0.2) is 0 Å². The highest BCUT2D eigenvalue weighted by Gasteiger charge is 2.28. The molecule has 138 valence electrons. The van der Waals surface area contributed by atoms with Crippen molar-refractivity contribution >= 4 is 5.91 Å². The summed E-state index contributed by atoms with van der Waals surface area (Å²) in [6.07, 6.45) is 7.23. The summed E-state index contributed by atoms with van der Waals surface area (Å²) in [5.41, 5.74) is 1.31. The quantitative estimate of drug-likeness (QED) is 0.831. The summed E-state index contributed by atoms with van der Waals surface area (Å²) >= 11 is 0. The van der Waals surface area contributed by atoms with Crippen molar-refractivity contribution in [3.63, 3.8) is 0 Å². The molecule has 0 aliphatic carbocycles. The first-order chi connectivity index (χ1) is 12.2. The van der Waals surface area contributed by atoms with E-state index in [-0.39, 0.29) is 0 Å². The van der Waals surface area contributed by atoms with Crippen LogP contribution in [0.1, 0.15) is 57.1 Å². The van der Waals surface area contributed by atoms with Gasteiger partial charge in [-0.1, -0.05) is 31.9 Å². The van der Waals surface area contributed by atoms with Gasteiger partial charge in [-0.05, 0) is 55.8 Å². The Labute approximate surface area is 152 Å². The molecular weight excluding hydrogens is 312 g/mol. The fraction of sp³-hybridized carbons (Fsp3) is 0.667. The Morgan fingerprint density at radius 1 is 1.08 bits per heavy atom. The van der Waals surface area contributed by atoms with E-state index >= 15 is 0 Å². The molecular formula is C21H32N2O2. The maximum atomic E-state index is 12.9. The van der Waals surface area contributed by atoms with Crippen molar-refractivity contribution in [3.05, 3.63) is 29.8 Å². The molecule has 0 saturated carbocycles. The minimum Gasteiger partial charge on any atom is -0.497 e. The van der Waals surface area contributed by atoms with Gasteiger partial charge in [-0.3, -0.25) is 9.69 Å². The Kier molecular flexibility index (Phi) is 6.35. The molecule has 2 heterocycles. The first-order valence-electron chi connectivity index (χ1n) is 9.83. The van der Waals surface area contributed by atoms with Crippen molar-refractivity contribution in [1.29, 1.82) is 0 Å². The van der Waals surface area contributed by atoms with Crippen LogP contribution in [0.25, 0.3) is 0 Å². The second kappa shape index (κ2) is 8.70. The molecule has 2 saturated heterocycles. The number of piperidine rings is 1. The number of ether oxygens (including phenoxy) is 1. The lowest BCUT2D eigenvalue weighted by molar-refractivity contribution is -0.134. The van der Waals surface area contributed by atoms with Gasteiger partial charge in [0.1, 0.15) is 5.75 Å². The van der Waals surface area contributed by atoms with Crippen LogP contribution < -0.4 is 4.74 Å². The van der Waals surface area contributed by atoms with E-state index in [1.165, 1.54) is 31.2 Å². The summed E-state index contributed by atoms with van der Waals surface area (Å²) in [6.45, 7) is 5.70. The van der Waals surface area contributed by atoms with Crippen molar-refractivity contribution in [2.75, 3.05) is 33.3 Å². The second-order valence-corrected chi connectivity index (χ2v) is 7.70. The van der Waals surface area contributed by atoms with E-state index in [0.29, 0.717) is 24.4 Å². The summed E-state index contributed by atoms with van der Waals surface area (Å²) < 4.78 is 5.29. The molecule has 0 spiro atoms. The number of hydrogen-bond donors (Lipinski definition) is 0. The normalized spacial score (nSPS) is 25.4. The van der Waals surface area contributed by atoms with E-state index in [9.17, 15) is 4.79 Å². The number of rotatable bonds is 4. The minimum atomic E-state index is 0.312. The van der Waals surface area contributed by atoms with Crippen LogP contribution in [-0.2, 0) is 4.79 Å². The minimum absolute atomic E-state index is 0.312. The van der Waals surface area contributed by atoms with Crippen LogP contribution in [-0.4, -0.2) is 49.0 Å². The molecule has 4 heteroatoms. The Morgan fingerprint density at radius 3 is 2.60 bits per heavy atom. The van der Waals surface area contributed by atoms with E-state index in [1.807, 2.05) is 12.1 Å².